The standard InChI is InChI=1S/C12H27NO/c1-6-8-12(3,10-13-4)11(2)7-9-14-5/h11,13H,6-10H2,1-5H3. The van der Waals surface area contributed by atoms with Crippen molar-refractivity contribution in [1.82, 2.24) is 5.32 Å². The molecular weight excluding hydrogens is 174 g/mol. The minimum Gasteiger partial charge on any atom is -0.385 e. The van der Waals surface area contributed by atoms with Gasteiger partial charge in [-0.3, -0.25) is 0 Å². The van der Waals surface area contributed by atoms with Gasteiger partial charge >= 0.3 is 0 Å². The summed E-state index contributed by atoms with van der Waals surface area (Å²) in [6.45, 7) is 8.96. The predicted octanol–water partition coefficient (Wildman–Crippen LogP) is 2.68. The van der Waals surface area contributed by atoms with Crippen molar-refractivity contribution in [1.29, 1.82) is 0 Å². The van der Waals surface area contributed by atoms with Gasteiger partial charge in [0.2, 0.25) is 0 Å². The molecule has 0 aromatic heterocycles. The summed E-state index contributed by atoms with van der Waals surface area (Å²) in [4.78, 5) is 0. The van der Waals surface area contributed by atoms with E-state index in [1.807, 2.05) is 7.05 Å². The van der Waals surface area contributed by atoms with Gasteiger partial charge in [-0.15, -0.1) is 0 Å². The van der Waals surface area contributed by atoms with E-state index in [9.17, 15) is 0 Å². The van der Waals surface area contributed by atoms with Gasteiger partial charge in [0.05, 0.1) is 0 Å². The topological polar surface area (TPSA) is 21.3 Å². The molecule has 2 unspecified atom stereocenters. The van der Waals surface area contributed by atoms with Crippen molar-refractivity contribution in [3.63, 3.8) is 0 Å². The highest BCUT2D eigenvalue weighted by Gasteiger charge is 2.28. The highest BCUT2D eigenvalue weighted by atomic mass is 16.5. The van der Waals surface area contributed by atoms with Crippen LogP contribution in [0, 0.1) is 11.3 Å². The number of hydrogen-bond donors (Lipinski definition) is 1. The van der Waals surface area contributed by atoms with E-state index >= 15 is 0 Å². The van der Waals surface area contributed by atoms with Gasteiger partial charge in [-0.05, 0) is 31.2 Å². The van der Waals surface area contributed by atoms with Gasteiger partial charge in [0.15, 0.2) is 0 Å². The van der Waals surface area contributed by atoms with Crippen LogP contribution in [0.15, 0.2) is 0 Å². The zero-order chi connectivity index (χ0) is 11.0. The van der Waals surface area contributed by atoms with Crippen LogP contribution in [-0.2, 0) is 4.74 Å². The number of ether oxygens (including phenoxy) is 1. The first kappa shape index (κ1) is 13.9. The second-order valence-electron chi connectivity index (χ2n) is 4.62. The second-order valence-corrected chi connectivity index (χ2v) is 4.62. The Bertz CT molecular complexity index is 130. The maximum atomic E-state index is 5.14. The molecule has 0 amide bonds. The first-order valence-corrected chi connectivity index (χ1v) is 5.74. The predicted molar refractivity (Wildman–Crippen MR) is 62.6 cm³/mol. The van der Waals surface area contributed by atoms with Gasteiger partial charge in [0, 0.05) is 20.3 Å². The molecule has 0 aliphatic heterocycles. The molecule has 0 fully saturated rings. The largest absolute Gasteiger partial charge is 0.385 e. The van der Waals surface area contributed by atoms with Gasteiger partial charge in [-0.2, -0.15) is 0 Å². The maximum absolute atomic E-state index is 5.14. The molecule has 0 aromatic rings. The van der Waals surface area contributed by atoms with Crippen LogP contribution in [0.3, 0.4) is 0 Å². The first-order chi connectivity index (χ1) is 6.60. The van der Waals surface area contributed by atoms with Gasteiger partial charge in [-0.1, -0.05) is 27.2 Å². The summed E-state index contributed by atoms with van der Waals surface area (Å²) in [6.07, 6.45) is 3.71. The van der Waals surface area contributed by atoms with Crippen LogP contribution in [0.1, 0.15) is 40.0 Å². The number of nitrogens with one attached hydrogen (secondary N) is 1. The Labute approximate surface area is 89.4 Å². The Hall–Kier alpha value is -0.0800. The van der Waals surface area contributed by atoms with Gasteiger partial charge < -0.3 is 10.1 Å². The Morgan fingerprint density at radius 3 is 2.50 bits per heavy atom. The molecule has 86 valence electrons. The van der Waals surface area contributed by atoms with Crippen molar-refractivity contribution in [3.05, 3.63) is 0 Å². The summed E-state index contributed by atoms with van der Waals surface area (Å²) < 4.78 is 5.14. The molecule has 0 radical (unpaired) electrons. The van der Waals surface area contributed by atoms with Gasteiger partial charge in [-0.25, -0.2) is 0 Å². The van der Waals surface area contributed by atoms with E-state index in [0.717, 1.165) is 25.5 Å². The Balaban J connectivity index is 4.15. The lowest BCUT2D eigenvalue weighted by Gasteiger charge is -2.35. The molecule has 0 aromatic carbocycles. The van der Waals surface area contributed by atoms with Crippen molar-refractivity contribution in [2.45, 2.75) is 40.0 Å². The molecule has 0 bridgehead atoms. The fourth-order valence-corrected chi connectivity index (χ4v) is 2.13. The van der Waals surface area contributed by atoms with E-state index in [2.05, 4.69) is 26.1 Å². The van der Waals surface area contributed by atoms with Crippen LogP contribution in [0.25, 0.3) is 0 Å². The van der Waals surface area contributed by atoms with Crippen molar-refractivity contribution in [2.75, 3.05) is 27.3 Å². The number of hydrogen-bond acceptors (Lipinski definition) is 2. The molecule has 0 rings (SSSR count). The lowest BCUT2D eigenvalue weighted by Crippen LogP contribution is -2.36. The molecule has 0 heterocycles. The first-order valence-electron chi connectivity index (χ1n) is 5.74. The monoisotopic (exact) mass is 201 g/mol. The van der Waals surface area contributed by atoms with E-state index < -0.39 is 0 Å². The van der Waals surface area contributed by atoms with Gasteiger partial charge in [0.25, 0.3) is 0 Å². The molecule has 0 aliphatic rings. The van der Waals surface area contributed by atoms with Crippen molar-refractivity contribution in [3.8, 4) is 0 Å². The molecule has 0 saturated carbocycles. The van der Waals surface area contributed by atoms with Crippen molar-refractivity contribution >= 4 is 0 Å². The minimum atomic E-state index is 0.419. The summed E-state index contributed by atoms with van der Waals surface area (Å²) >= 11 is 0. The molecule has 2 heteroatoms. The van der Waals surface area contributed by atoms with E-state index in [1.165, 1.54) is 12.8 Å². The van der Waals surface area contributed by atoms with Gasteiger partial charge in [0.1, 0.15) is 0 Å². The normalized spacial score (nSPS) is 17.8. The average Bonchev–Trinajstić information content (AvgIpc) is 2.15. The second kappa shape index (κ2) is 7.24. The van der Waals surface area contributed by atoms with Crippen LogP contribution >= 0.6 is 0 Å². The summed E-state index contributed by atoms with van der Waals surface area (Å²) in [5, 5.41) is 3.31. The number of rotatable bonds is 8. The molecule has 0 aliphatic carbocycles. The minimum absolute atomic E-state index is 0.419. The zero-order valence-corrected chi connectivity index (χ0v) is 10.5. The summed E-state index contributed by atoms with van der Waals surface area (Å²) in [5.41, 5.74) is 0.419. The maximum Gasteiger partial charge on any atom is 0.0465 e. The van der Waals surface area contributed by atoms with Crippen LogP contribution in [0.2, 0.25) is 0 Å². The quantitative estimate of drug-likeness (QED) is 0.652. The van der Waals surface area contributed by atoms with Crippen molar-refractivity contribution < 1.29 is 4.74 Å². The fraction of sp³-hybridized carbons (Fsp3) is 1.00. The molecule has 14 heavy (non-hydrogen) atoms. The molecule has 1 N–H and O–H groups in total. The van der Waals surface area contributed by atoms with Crippen LogP contribution in [0.4, 0.5) is 0 Å². The third-order valence-corrected chi connectivity index (χ3v) is 3.35. The zero-order valence-electron chi connectivity index (χ0n) is 10.5. The molecule has 2 nitrogen and oxygen atoms in total. The molecule has 2 atom stereocenters. The lowest BCUT2D eigenvalue weighted by molar-refractivity contribution is 0.117. The molecule has 0 spiro atoms. The van der Waals surface area contributed by atoms with Crippen LogP contribution in [0.5, 0.6) is 0 Å². The Morgan fingerprint density at radius 2 is 2.07 bits per heavy atom. The average molecular weight is 201 g/mol. The van der Waals surface area contributed by atoms with E-state index in [-0.39, 0.29) is 0 Å². The Morgan fingerprint density at radius 1 is 1.43 bits per heavy atom. The van der Waals surface area contributed by atoms with Crippen LogP contribution < -0.4 is 5.32 Å². The van der Waals surface area contributed by atoms with E-state index in [4.69, 9.17) is 4.74 Å². The summed E-state index contributed by atoms with van der Waals surface area (Å²) in [5.74, 6) is 0.717. The fourth-order valence-electron chi connectivity index (χ4n) is 2.13. The van der Waals surface area contributed by atoms with Crippen LogP contribution in [-0.4, -0.2) is 27.3 Å². The highest BCUT2D eigenvalue weighted by Crippen LogP contribution is 2.33. The van der Waals surface area contributed by atoms with Crippen molar-refractivity contribution in [2.24, 2.45) is 11.3 Å². The SMILES string of the molecule is CCCC(C)(CNC)C(C)CCOC. The highest BCUT2D eigenvalue weighted by molar-refractivity contribution is 4.81. The number of methoxy groups -OCH3 is 1. The summed E-state index contributed by atoms with van der Waals surface area (Å²) in [7, 11) is 3.82. The third-order valence-electron chi connectivity index (χ3n) is 3.35. The smallest absolute Gasteiger partial charge is 0.0465 e. The third kappa shape index (κ3) is 4.43. The van der Waals surface area contributed by atoms with E-state index in [1.54, 1.807) is 7.11 Å². The molecular formula is C12H27NO. The van der Waals surface area contributed by atoms with E-state index in [0.29, 0.717) is 5.41 Å². The Kier molecular flexibility index (Phi) is 7.20. The summed E-state index contributed by atoms with van der Waals surface area (Å²) in [6, 6.07) is 0. The lowest BCUT2D eigenvalue weighted by atomic mass is 9.73. The molecule has 0 saturated heterocycles.